The monoisotopic (exact) mass is 339 g/mol. The molecule has 0 atom stereocenters. The van der Waals surface area contributed by atoms with Crippen LogP contribution in [0.3, 0.4) is 0 Å². The summed E-state index contributed by atoms with van der Waals surface area (Å²) >= 11 is 1.63. The van der Waals surface area contributed by atoms with E-state index in [1.807, 2.05) is 45.3 Å². The Hall–Kier alpha value is -2.27. The first-order valence-corrected chi connectivity index (χ1v) is 8.89. The van der Waals surface area contributed by atoms with Crippen molar-refractivity contribution in [2.45, 2.75) is 34.1 Å². The van der Waals surface area contributed by atoms with Gasteiger partial charge >= 0.3 is 0 Å². The molecule has 3 aromatic rings. The predicted octanol–water partition coefficient (Wildman–Crippen LogP) is 3.90. The van der Waals surface area contributed by atoms with E-state index >= 15 is 0 Å². The van der Waals surface area contributed by atoms with E-state index in [1.165, 1.54) is 4.88 Å². The van der Waals surface area contributed by atoms with E-state index in [9.17, 15) is 4.79 Å². The molecule has 2 heterocycles. The zero-order chi connectivity index (χ0) is 17.3. The zero-order valence-electron chi connectivity index (χ0n) is 14.4. The lowest BCUT2D eigenvalue weighted by molar-refractivity contribution is 0.0955. The van der Waals surface area contributed by atoms with Gasteiger partial charge in [-0.1, -0.05) is 11.6 Å². The van der Waals surface area contributed by atoms with Crippen molar-refractivity contribution >= 4 is 28.1 Å². The average molecular weight is 339 g/mol. The van der Waals surface area contributed by atoms with Crippen LogP contribution in [0.5, 0.6) is 0 Å². The standard InChI is InChI=1S/C19H21N3OS/c1-11-7-12(2)18-15(8-11)16(9-13(3)22-18)19(23)20-6-5-17-14(4)21-10-24-17/h7-10H,5-6H2,1-4H3,(H,20,23). The fraction of sp³-hybridized carbons (Fsp3) is 0.316. The molecule has 0 aliphatic carbocycles. The number of pyridine rings is 1. The van der Waals surface area contributed by atoms with Gasteiger partial charge < -0.3 is 5.32 Å². The maximum absolute atomic E-state index is 12.7. The Morgan fingerprint density at radius 1 is 1.17 bits per heavy atom. The molecule has 3 rings (SSSR count). The molecule has 4 nitrogen and oxygen atoms in total. The van der Waals surface area contributed by atoms with Crippen molar-refractivity contribution in [3.8, 4) is 0 Å². The Morgan fingerprint density at radius 2 is 1.96 bits per heavy atom. The Bertz CT molecular complexity index is 914. The highest BCUT2D eigenvalue weighted by atomic mass is 32.1. The number of carbonyl (C=O) groups excluding carboxylic acids is 1. The summed E-state index contributed by atoms with van der Waals surface area (Å²) in [6.07, 6.45) is 0.808. The highest BCUT2D eigenvalue weighted by molar-refractivity contribution is 7.09. The quantitative estimate of drug-likeness (QED) is 0.784. The lowest BCUT2D eigenvalue weighted by Crippen LogP contribution is -2.26. The smallest absolute Gasteiger partial charge is 0.252 e. The molecular formula is C19H21N3OS. The molecule has 1 aromatic carbocycles. The molecule has 24 heavy (non-hydrogen) atoms. The minimum atomic E-state index is -0.0438. The molecule has 0 spiro atoms. The van der Waals surface area contributed by atoms with E-state index in [0.717, 1.165) is 39.8 Å². The first-order valence-electron chi connectivity index (χ1n) is 8.01. The number of hydrogen-bond donors (Lipinski definition) is 1. The maximum Gasteiger partial charge on any atom is 0.252 e. The number of thiazole rings is 1. The number of aryl methyl sites for hydroxylation is 4. The third kappa shape index (κ3) is 3.31. The van der Waals surface area contributed by atoms with Crippen LogP contribution in [0.2, 0.25) is 0 Å². The lowest BCUT2D eigenvalue weighted by atomic mass is 10.0. The van der Waals surface area contributed by atoms with Gasteiger partial charge in [0.05, 0.1) is 22.3 Å². The van der Waals surface area contributed by atoms with Gasteiger partial charge in [0.25, 0.3) is 5.91 Å². The number of aromatic nitrogens is 2. The topological polar surface area (TPSA) is 54.9 Å². The third-order valence-electron chi connectivity index (χ3n) is 4.10. The van der Waals surface area contributed by atoms with E-state index in [0.29, 0.717) is 12.1 Å². The van der Waals surface area contributed by atoms with Crippen LogP contribution in [0.25, 0.3) is 10.9 Å². The van der Waals surface area contributed by atoms with Gasteiger partial charge in [0.15, 0.2) is 0 Å². The second-order valence-corrected chi connectivity index (χ2v) is 7.10. The lowest BCUT2D eigenvalue weighted by Gasteiger charge is -2.11. The molecule has 124 valence electrons. The summed E-state index contributed by atoms with van der Waals surface area (Å²) in [5.74, 6) is -0.0438. The number of fused-ring (bicyclic) bond motifs is 1. The summed E-state index contributed by atoms with van der Waals surface area (Å²) in [7, 11) is 0. The summed E-state index contributed by atoms with van der Waals surface area (Å²) in [5, 5.41) is 3.96. The molecule has 0 radical (unpaired) electrons. The first kappa shape index (κ1) is 16.6. The number of carbonyl (C=O) groups is 1. The second kappa shape index (κ2) is 6.69. The zero-order valence-corrected chi connectivity index (χ0v) is 15.3. The minimum Gasteiger partial charge on any atom is -0.352 e. The Balaban J connectivity index is 1.85. The summed E-state index contributed by atoms with van der Waals surface area (Å²) in [4.78, 5) is 22.8. The van der Waals surface area contributed by atoms with Gasteiger partial charge in [0.1, 0.15) is 0 Å². The minimum absolute atomic E-state index is 0.0438. The van der Waals surface area contributed by atoms with Gasteiger partial charge in [-0.3, -0.25) is 9.78 Å². The van der Waals surface area contributed by atoms with Crippen LogP contribution in [0.1, 0.15) is 37.7 Å². The number of nitrogens with zero attached hydrogens (tertiary/aromatic N) is 2. The van der Waals surface area contributed by atoms with Crippen molar-refractivity contribution in [2.24, 2.45) is 0 Å². The summed E-state index contributed by atoms with van der Waals surface area (Å²) in [6, 6.07) is 6.01. The summed E-state index contributed by atoms with van der Waals surface area (Å²) in [6.45, 7) is 8.61. The number of amides is 1. The molecule has 0 aliphatic heterocycles. The van der Waals surface area contributed by atoms with Crippen LogP contribution in [0.4, 0.5) is 0 Å². The van der Waals surface area contributed by atoms with Gasteiger partial charge in [-0.25, -0.2) is 4.98 Å². The molecule has 0 unspecified atom stereocenters. The van der Waals surface area contributed by atoms with Gasteiger partial charge in [-0.05, 0) is 45.4 Å². The van der Waals surface area contributed by atoms with Crippen LogP contribution in [-0.4, -0.2) is 22.4 Å². The highest BCUT2D eigenvalue weighted by Crippen LogP contribution is 2.23. The first-order chi connectivity index (χ1) is 11.5. The Morgan fingerprint density at radius 3 is 2.67 bits per heavy atom. The van der Waals surface area contributed by atoms with E-state index in [-0.39, 0.29) is 5.91 Å². The van der Waals surface area contributed by atoms with Crippen LogP contribution >= 0.6 is 11.3 Å². The molecule has 0 saturated heterocycles. The normalized spacial score (nSPS) is 11.0. The van der Waals surface area contributed by atoms with Crippen molar-refractivity contribution in [2.75, 3.05) is 6.54 Å². The number of nitrogens with one attached hydrogen (secondary N) is 1. The molecule has 0 aliphatic rings. The van der Waals surface area contributed by atoms with Crippen molar-refractivity contribution in [1.82, 2.24) is 15.3 Å². The maximum atomic E-state index is 12.7. The van der Waals surface area contributed by atoms with E-state index < -0.39 is 0 Å². The Kier molecular flexibility index (Phi) is 4.62. The number of rotatable bonds is 4. The van der Waals surface area contributed by atoms with Gasteiger partial charge in [-0.15, -0.1) is 11.3 Å². The molecule has 1 N–H and O–H groups in total. The molecule has 1 amide bonds. The number of hydrogen-bond acceptors (Lipinski definition) is 4. The van der Waals surface area contributed by atoms with Crippen LogP contribution in [-0.2, 0) is 6.42 Å². The molecule has 5 heteroatoms. The molecule has 0 fully saturated rings. The molecule has 0 bridgehead atoms. The fourth-order valence-electron chi connectivity index (χ4n) is 2.95. The van der Waals surface area contributed by atoms with Gasteiger partial charge in [-0.2, -0.15) is 0 Å². The average Bonchev–Trinajstić information content (AvgIpc) is 2.92. The SMILES string of the molecule is Cc1cc(C)c2nc(C)cc(C(=O)NCCc3scnc3C)c2c1. The molecule has 2 aromatic heterocycles. The van der Waals surface area contributed by atoms with E-state index in [1.54, 1.807) is 11.3 Å². The van der Waals surface area contributed by atoms with Crippen LogP contribution in [0.15, 0.2) is 23.7 Å². The number of benzene rings is 1. The van der Waals surface area contributed by atoms with E-state index in [4.69, 9.17) is 0 Å². The largest absolute Gasteiger partial charge is 0.352 e. The molecule has 0 saturated carbocycles. The third-order valence-corrected chi connectivity index (χ3v) is 5.10. The van der Waals surface area contributed by atoms with Gasteiger partial charge in [0.2, 0.25) is 0 Å². The Labute approximate surface area is 146 Å². The van der Waals surface area contributed by atoms with Crippen molar-refractivity contribution in [1.29, 1.82) is 0 Å². The summed E-state index contributed by atoms with van der Waals surface area (Å²) < 4.78 is 0. The van der Waals surface area contributed by atoms with Crippen molar-refractivity contribution in [3.63, 3.8) is 0 Å². The van der Waals surface area contributed by atoms with E-state index in [2.05, 4.69) is 21.4 Å². The fourth-order valence-corrected chi connectivity index (χ4v) is 3.73. The second-order valence-electron chi connectivity index (χ2n) is 6.16. The van der Waals surface area contributed by atoms with Crippen molar-refractivity contribution < 1.29 is 4.79 Å². The van der Waals surface area contributed by atoms with Gasteiger partial charge in [0, 0.05) is 28.9 Å². The molecular weight excluding hydrogens is 318 g/mol. The van der Waals surface area contributed by atoms with Crippen LogP contribution in [0, 0.1) is 27.7 Å². The highest BCUT2D eigenvalue weighted by Gasteiger charge is 2.14. The predicted molar refractivity (Wildman–Crippen MR) is 98.8 cm³/mol. The van der Waals surface area contributed by atoms with Crippen LogP contribution < -0.4 is 5.32 Å². The van der Waals surface area contributed by atoms with Crippen molar-refractivity contribution in [3.05, 3.63) is 56.7 Å². The summed E-state index contributed by atoms with van der Waals surface area (Å²) in [5.41, 5.74) is 7.60.